The van der Waals surface area contributed by atoms with Gasteiger partial charge < -0.3 is 21.2 Å². The first kappa shape index (κ1) is 21.3. The lowest BCUT2D eigenvalue weighted by atomic mass is 9.96. The molecule has 11 heteroatoms. The van der Waals surface area contributed by atoms with Crippen molar-refractivity contribution in [3.63, 3.8) is 0 Å². The van der Waals surface area contributed by atoms with Gasteiger partial charge in [-0.1, -0.05) is 0 Å². The van der Waals surface area contributed by atoms with Gasteiger partial charge in [-0.2, -0.15) is 0 Å². The van der Waals surface area contributed by atoms with Crippen molar-refractivity contribution in [3.05, 3.63) is 43.8 Å². The lowest BCUT2D eigenvalue weighted by molar-refractivity contribution is -0.113. The molecule has 0 atom stereocenters. The third-order valence-corrected chi connectivity index (χ3v) is 4.86. The lowest BCUT2D eigenvalue weighted by Gasteiger charge is -2.17. The van der Waals surface area contributed by atoms with Crippen molar-refractivity contribution in [1.29, 1.82) is 5.41 Å². The Morgan fingerprint density at radius 3 is 2.63 bits per heavy atom. The zero-order valence-electron chi connectivity index (χ0n) is 13.7. The minimum absolute atomic E-state index is 0.0181. The largest absolute Gasteiger partial charge is 0.493 e. The number of alkyl halides is 1. The van der Waals surface area contributed by atoms with Crippen LogP contribution in [0.1, 0.15) is 21.5 Å². The number of methoxy groups -OCH3 is 1. The molecule has 7 nitrogen and oxygen atoms in total. The molecule has 1 aromatic carbocycles. The standard InChI is InChI=1S/C16H12Br2ClFN4O3/c1-27-14-10(12(23-9(25)4-19)15(17)24-16(14)18)13(26)6-2-3-8(20)11(22)7(6)5-21/h2-3,5,21H,4,22H2,1H3,(H,23,25). The summed E-state index contributed by atoms with van der Waals surface area (Å²) in [6.07, 6.45) is 0.778. The number of nitrogen functional groups attached to an aromatic ring is 1. The number of rotatable bonds is 6. The summed E-state index contributed by atoms with van der Waals surface area (Å²) >= 11 is 11.9. The summed E-state index contributed by atoms with van der Waals surface area (Å²) in [6.45, 7) is 0. The van der Waals surface area contributed by atoms with Crippen LogP contribution >= 0.6 is 43.5 Å². The summed E-state index contributed by atoms with van der Waals surface area (Å²) in [4.78, 5) is 29.2. The molecule has 0 aliphatic carbocycles. The fourth-order valence-electron chi connectivity index (χ4n) is 2.30. The van der Waals surface area contributed by atoms with E-state index >= 15 is 0 Å². The van der Waals surface area contributed by atoms with E-state index in [1.807, 2.05) is 0 Å². The maximum atomic E-state index is 13.7. The second kappa shape index (κ2) is 8.77. The molecule has 0 aliphatic heterocycles. The summed E-state index contributed by atoms with van der Waals surface area (Å²) in [6, 6.07) is 2.22. The number of nitrogens with one attached hydrogen (secondary N) is 2. The molecular weight excluding hydrogens is 510 g/mol. The molecule has 0 aliphatic rings. The Bertz CT molecular complexity index is 956. The van der Waals surface area contributed by atoms with Gasteiger partial charge in [0.25, 0.3) is 0 Å². The van der Waals surface area contributed by atoms with E-state index in [2.05, 4.69) is 42.2 Å². The molecule has 0 saturated carbocycles. The molecule has 4 N–H and O–H groups in total. The molecule has 1 heterocycles. The smallest absolute Gasteiger partial charge is 0.239 e. The van der Waals surface area contributed by atoms with E-state index in [4.69, 9.17) is 27.5 Å². The van der Waals surface area contributed by atoms with Gasteiger partial charge in [-0.3, -0.25) is 9.59 Å². The number of benzene rings is 1. The average molecular weight is 523 g/mol. The molecule has 0 bridgehead atoms. The number of ether oxygens (including phenoxy) is 1. The number of halogens is 4. The number of amides is 1. The molecule has 2 rings (SSSR count). The lowest BCUT2D eigenvalue weighted by Crippen LogP contribution is -2.19. The van der Waals surface area contributed by atoms with Crippen LogP contribution in [0.25, 0.3) is 0 Å². The van der Waals surface area contributed by atoms with Crippen LogP contribution in [0.15, 0.2) is 21.3 Å². The number of anilines is 2. The van der Waals surface area contributed by atoms with Crippen LogP contribution in [0.5, 0.6) is 5.75 Å². The van der Waals surface area contributed by atoms with Crippen molar-refractivity contribution in [1.82, 2.24) is 4.98 Å². The Labute approximate surface area is 175 Å². The van der Waals surface area contributed by atoms with Crippen molar-refractivity contribution >= 4 is 72.7 Å². The minimum Gasteiger partial charge on any atom is -0.493 e. The van der Waals surface area contributed by atoms with Crippen molar-refractivity contribution in [3.8, 4) is 5.75 Å². The van der Waals surface area contributed by atoms with Crippen LogP contribution in [0, 0.1) is 11.2 Å². The Kier molecular flexibility index (Phi) is 6.90. The number of hydrogen-bond acceptors (Lipinski definition) is 6. The number of carbonyl (C=O) groups excluding carboxylic acids is 2. The number of carbonyl (C=O) groups is 2. The molecule has 1 aromatic heterocycles. The van der Waals surface area contributed by atoms with Gasteiger partial charge in [0.15, 0.2) is 11.5 Å². The van der Waals surface area contributed by atoms with Crippen LogP contribution in [-0.4, -0.2) is 35.9 Å². The van der Waals surface area contributed by atoms with Gasteiger partial charge in [0.05, 0.1) is 24.0 Å². The molecule has 0 saturated heterocycles. The summed E-state index contributed by atoms with van der Waals surface area (Å²) < 4.78 is 19.3. The molecule has 142 valence electrons. The summed E-state index contributed by atoms with van der Waals surface area (Å²) in [5.74, 6) is -2.32. The van der Waals surface area contributed by atoms with Crippen molar-refractivity contribution in [2.24, 2.45) is 0 Å². The van der Waals surface area contributed by atoms with E-state index in [0.717, 1.165) is 12.3 Å². The number of nitrogens with two attached hydrogens (primary N) is 1. The predicted octanol–water partition coefficient (Wildman–Crippen LogP) is 3.74. The number of ketones is 1. The van der Waals surface area contributed by atoms with Gasteiger partial charge in [0.2, 0.25) is 5.91 Å². The highest BCUT2D eigenvalue weighted by molar-refractivity contribution is 9.11. The van der Waals surface area contributed by atoms with E-state index in [1.165, 1.54) is 13.2 Å². The van der Waals surface area contributed by atoms with E-state index in [1.54, 1.807) is 0 Å². The Morgan fingerprint density at radius 2 is 2.07 bits per heavy atom. The summed E-state index contributed by atoms with van der Waals surface area (Å²) in [7, 11) is 1.32. The monoisotopic (exact) mass is 520 g/mol. The van der Waals surface area contributed by atoms with Gasteiger partial charge in [-0.15, -0.1) is 11.6 Å². The maximum Gasteiger partial charge on any atom is 0.239 e. The fourth-order valence-corrected chi connectivity index (χ4v) is 3.62. The quantitative estimate of drug-likeness (QED) is 0.176. The van der Waals surface area contributed by atoms with Gasteiger partial charge in [0, 0.05) is 17.3 Å². The molecule has 1 amide bonds. The number of nitrogens with zero attached hydrogens (tertiary/aromatic N) is 1. The molecule has 0 fully saturated rings. The second-order valence-corrected chi connectivity index (χ2v) is 6.82. The molecule has 0 unspecified atom stereocenters. The zero-order chi connectivity index (χ0) is 20.3. The Hall–Kier alpha value is -2.04. The minimum atomic E-state index is -0.759. The molecular formula is C16H12Br2ClFN4O3. The highest BCUT2D eigenvalue weighted by atomic mass is 79.9. The van der Waals surface area contributed by atoms with Crippen LogP contribution in [-0.2, 0) is 4.79 Å². The van der Waals surface area contributed by atoms with Crippen LogP contribution in [0.2, 0.25) is 0 Å². The highest BCUT2D eigenvalue weighted by Crippen LogP contribution is 2.39. The highest BCUT2D eigenvalue weighted by Gasteiger charge is 2.28. The first-order chi connectivity index (χ1) is 12.8. The van der Waals surface area contributed by atoms with Crippen LogP contribution < -0.4 is 15.8 Å². The second-order valence-electron chi connectivity index (χ2n) is 5.05. The molecule has 27 heavy (non-hydrogen) atoms. The first-order valence-corrected chi connectivity index (χ1v) is 9.30. The van der Waals surface area contributed by atoms with Crippen molar-refractivity contribution in [2.45, 2.75) is 0 Å². The number of hydrogen-bond donors (Lipinski definition) is 3. The van der Waals surface area contributed by atoms with E-state index in [-0.39, 0.29) is 48.9 Å². The molecule has 0 spiro atoms. The van der Waals surface area contributed by atoms with Crippen LogP contribution in [0.4, 0.5) is 15.8 Å². The number of aromatic nitrogens is 1. The molecule has 2 aromatic rings. The summed E-state index contributed by atoms with van der Waals surface area (Å²) in [5.41, 5.74) is 5.12. The Balaban J connectivity index is 2.80. The van der Waals surface area contributed by atoms with E-state index in [0.29, 0.717) is 0 Å². The van der Waals surface area contributed by atoms with Crippen LogP contribution in [0.3, 0.4) is 0 Å². The zero-order valence-corrected chi connectivity index (χ0v) is 17.6. The van der Waals surface area contributed by atoms with E-state index < -0.39 is 17.5 Å². The van der Waals surface area contributed by atoms with Gasteiger partial charge in [-0.05, 0) is 44.0 Å². The number of pyridine rings is 1. The maximum absolute atomic E-state index is 13.7. The first-order valence-electron chi connectivity index (χ1n) is 7.18. The normalized spacial score (nSPS) is 10.4. The SMILES string of the molecule is COc1c(Br)nc(Br)c(NC(=O)CCl)c1C(=O)c1ccc(F)c(N)c1C=N. The predicted molar refractivity (Wildman–Crippen MR) is 108 cm³/mol. The van der Waals surface area contributed by atoms with E-state index in [9.17, 15) is 14.0 Å². The molecule has 0 radical (unpaired) electrons. The third-order valence-electron chi connectivity index (χ3n) is 3.51. The van der Waals surface area contributed by atoms with Crippen molar-refractivity contribution < 1.29 is 18.7 Å². The average Bonchev–Trinajstić information content (AvgIpc) is 2.64. The van der Waals surface area contributed by atoms with Gasteiger partial charge >= 0.3 is 0 Å². The van der Waals surface area contributed by atoms with Crippen molar-refractivity contribution in [2.75, 3.05) is 24.0 Å². The van der Waals surface area contributed by atoms with Gasteiger partial charge in [0.1, 0.15) is 20.9 Å². The third kappa shape index (κ3) is 4.12. The van der Waals surface area contributed by atoms with Gasteiger partial charge in [-0.25, -0.2) is 9.37 Å². The Morgan fingerprint density at radius 1 is 1.41 bits per heavy atom. The summed E-state index contributed by atoms with van der Waals surface area (Å²) in [5, 5.41) is 9.96. The fraction of sp³-hybridized carbons (Fsp3) is 0.125. The topological polar surface area (TPSA) is 118 Å².